The maximum absolute atomic E-state index is 12.6. The SMILES string of the molecule is CC(C)CC(NC(=O)C1(C)CCNC1)c1ccccc1. The summed E-state index contributed by atoms with van der Waals surface area (Å²) < 4.78 is 0. The summed E-state index contributed by atoms with van der Waals surface area (Å²) in [5.74, 6) is 0.729. The van der Waals surface area contributed by atoms with Gasteiger partial charge in [0.2, 0.25) is 5.91 Å². The first-order valence-electron chi connectivity index (χ1n) is 7.58. The lowest BCUT2D eigenvalue weighted by atomic mass is 9.87. The number of carbonyl (C=O) groups is 1. The minimum atomic E-state index is -0.260. The van der Waals surface area contributed by atoms with Crippen molar-refractivity contribution >= 4 is 5.91 Å². The van der Waals surface area contributed by atoms with Crippen molar-refractivity contribution in [3.8, 4) is 0 Å². The average molecular weight is 274 g/mol. The van der Waals surface area contributed by atoms with Crippen molar-refractivity contribution in [2.45, 2.75) is 39.7 Å². The zero-order chi connectivity index (χ0) is 14.6. The van der Waals surface area contributed by atoms with Crippen LogP contribution in [0, 0.1) is 11.3 Å². The summed E-state index contributed by atoms with van der Waals surface area (Å²) in [4.78, 5) is 12.6. The van der Waals surface area contributed by atoms with Gasteiger partial charge in [0, 0.05) is 6.54 Å². The van der Waals surface area contributed by atoms with Gasteiger partial charge in [0.15, 0.2) is 0 Å². The van der Waals surface area contributed by atoms with Gasteiger partial charge in [-0.1, -0.05) is 44.2 Å². The zero-order valence-electron chi connectivity index (χ0n) is 12.8. The van der Waals surface area contributed by atoms with Gasteiger partial charge in [-0.3, -0.25) is 4.79 Å². The monoisotopic (exact) mass is 274 g/mol. The van der Waals surface area contributed by atoms with Crippen molar-refractivity contribution < 1.29 is 4.79 Å². The summed E-state index contributed by atoms with van der Waals surface area (Å²) in [6.45, 7) is 8.16. The van der Waals surface area contributed by atoms with E-state index in [1.54, 1.807) is 0 Å². The Balaban J connectivity index is 2.10. The van der Waals surface area contributed by atoms with Gasteiger partial charge < -0.3 is 10.6 Å². The van der Waals surface area contributed by atoms with E-state index in [0.717, 1.165) is 25.9 Å². The fourth-order valence-corrected chi connectivity index (χ4v) is 2.78. The van der Waals surface area contributed by atoms with Crippen LogP contribution in [-0.2, 0) is 4.79 Å². The molecule has 1 aromatic carbocycles. The number of rotatable bonds is 5. The highest BCUT2D eigenvalue weighted by Crippen LogP contribution is 2.28. The molecule has 0 saturated carbocycles. The number of hydrogen-bond donors (Lipinski definition) is 2. The third kappa shape index (κ3) is 3.60. The number of amides is 1. The van der Waals surface area contributed by atoms with E-state index in [0.29, 0.717) is 5.92 Å². The molecule has 0 spiro atoms. The van der Waals surface area contributed by atoms with Gasteiger partial charge in [0.05, 0.1) is 11.5 Å². The van der Waals surface area contributed by atoms with Crippen LogP contribution in [0.3, 0.4) is 0 Å². The Morgan fingerprint density at radius 2 is 2.05 bits per heavy atom. The molecular weight excluding hydrogens is 248 g/mol. The van der Waals surface area contributed by atoms with Crippen LogP contribution >= 0.6 is 0 Å². The van der Waals surface area contributed by atoms with Gasteiger partial charge in [0.25, 0.3) is 0 Å². The molecule has 3 heteroatoms. The third-order valence-corrected chi connectivity index (χ3v) is 4.13. The van der Waals surface area contributed by atoms with E-state index in [4.69, 9.17) is 0 Å². The van der Waals surface area contributed by atoms with Crippen LogP contribution in [0.15, 0.2) is 30.3 Å². The van der Waals surface area contributed by atoms with Gasteiger partial charge in [0.1, 0.15) is 0 Å². The van der Waals surface area contributed by atoms with E-state index in [2.05, 4.69) is 43.5 Å². The Morgan fingerprint density at radius 3 is 2.60 bits per heavy atom. The summed E-state index contributed by atoms with van der Waals surface area (Å²) in [6, 6.07) is 10.4. The van der Waals surface area contributed by atoms with Crippen LogP contribution in [0.4, 0.5) is 0 Å². The Morgan fingerprint density at radius 1 is 1.35 bits per heavy atom. The highest BCUT2D eigenvalue weighted by molar-refractivity contribution is 5.83. The molecule has 1 saturated heterocycles. The van der Waals surface area contributed by atoms with Crippen molar-refractivity contribution in [1.82, 2.24) is 10.6 Å². The lowest BCUT2D eigenvalue weighted by Crippen LogP contribution is -2.42. The van der Waals surface area contributed by atoms with Crippen LogP contribution in [-0.4, -0.2) is 19.0 Å². The summed E-state index contributed by atoms with van der Waals surface area (Å²) in [7, 11) is 0. The molecule has 0 radical (unpaired) electrons. The van der Waals surface area contributed by atoms with E-state index in [1.165, 1.54) is 5.56 Å². The Labute approximate surface area is 122 Å². The molecule has 2 N–H and O–H groups in total. The maximum Gasteiger partial charge on any atom is 0.227 e. The minimum Gasteiger partial charge on any atom is -0.349 e. The van der Waals surface area contributed by atoms with Crippen molar-refractivity contribution in [2.75, 3.05) is 13.1 Å². The van der Waals surface area contributed by atoms with Crippen molar-refractivity contribution in [3.63, 3.8) is 0 Å². The molecule has 3 nitrogen and oxygen atoms in total. The number of benzene rings is 1. The molecule has 0 aliphatic carbocycles. The Bertz CT molecular complexity index is 436. The number of hydrogen-bond acceptors (Lipinski definition) is 2. The van der Waals surface area contributed by atoms with Gasteiger partial charge in [-0.25, -0.2) is 0 Å². The molecule has 1 amide bonds. The number of nitrogens with one attached hydrogen (secondary N) is 2. The third-order valence-electron chi connectivity index (χ3n) is 4.13. The van der Waals surface area contributed by atoms with Crippen molar-refractivity contribution in [1.29, 1.82) is 0 Å². The Kier molecular flexibility index (Phi) is 4.81. The van der Waals surface area contributed by atoms with E-state index in [-0.39, 0.29) is 17.4 Å². The molecule has 1 fully saturated rings. The first-order chi connectivity index (χ1) is 9.51. The van der Waals surface area contributed by atoms with E-state index in [1.807, 2.05) is 18.2 Å². The fraction of sp³-hybridized carbons (Fsp3) is 0.588. The van der Waals surface area contributed by atoms with Crippen molar-refractivity contribution in [2.24, 2.45) is 11.3 Å². The molecule has 2 rings (SSSR count). The second-order valence-corrected chi connectivity index (χ2v) is 6.55. The predicted molar refractivity (Wildman–Crippen MR) is 82.4 cm³/mol. The largest absolute Gasteiger partial charge is 0.349 e. The quantitative estimate of drug-likeness (QED) is 0.867. The molecule has 110 valence electrons. The summed E-state index contributed by atoms with van der Waals surface area (Å²) in [5, 5.41) is 6.55. The topological polar surface area (TPSA) is 41.1 Å². The first kappa shape index (κ1) is 15.0. The van der Waals surface area contributed by atoms with E-state index in [9.17, 15) is 4.79 Å². The summed E-state index contributed by atoms with van der Waals surface area (Å²) in [5.41, 5.74) is 0.938. The Hall–Kier alpha value is -1.35. The van der Waals surface area contributed by atoms with E-state index >= 15 is 0 Å². The van der Waals surface area contributed by atoms with Gasteiger partial charge in [-0.05, 0) is 37.8 Å². The van der Waals surface area contributed by atoms with Gasteiger partial charge >= 0.3 is 0 Å². The lowest BCUT2D eigenvalue weighted by Gasteiger charge is -2.27. The molecule has 2 atom stereocenters. The molecule has 0 aromatic heterocycles. The molecule has 1 aliphatic heterocycles. The standard InChI is InChI=1S/C17H26N2O/c1-13(2)11-15(14-7-5-4-6-8-14)19-16(20)17(3)9-10-18-12-17/h4-8,13,15,18H,9-12H2,1-3H3,(H,19,20). The fourth-order valence-electron chi connectivity index (χ4n) is 2.78. The highest BCUT2D eigenvalue weighted by atomic mass is 16.2. The average Bonchev–Trinajstić information content (AvgIpc) is 2.87. The summed E-state index contributed by atoms with van der Waals surface area (Å²) >= 11 is 0. The minimum absolute atomic E-state index is 0.112. The maximum atomic E-state index is 12.6. The molecule has 1 aromatic rings. The van der Waals surface area contributed by atoms with Crippen LogP contribution in [0.1, 0.15) is 45.2 Å². The highest BCUT2D eigenvalue weighted by Gasteiger charge is 2.37. The summed E-state index contributed by atoms with van der Waals surface area (Å²) in [6.07, 6.45) is 1.89. The number of carbonyl (C=O) groups excluding carboxylic acids is 1. The molecule has 20 heavy (non-hydrogen) atoms. The molecule has 1 heterocycles. The second-order valence-electron chi connectivity index (χ2n) is 6.55. The first-order valence-corrected chi connectivity index (χ1v) is 7.58. The van der Waals surface area contributed by atoms with Gasteiger partial charge in [-0.2, -0.15) is 0 Å². The predicted octanol–water partition coefficient (Wildman–Crippen LogP) is 2.89. The molecule has 1 aliphatic rings. The van der Waals surface area contributed by atoms with E-state index < -0.39 is 0 Å². The second kappa shape index (κ2) is 6.40. The molecular formula is C17H26N2O. The van der Waals surface area contributed by atoms with Gasteiger partial charge in [-0.15, -0.1) is 0 Å². The zero-order valence-corrected chi connectivity index (χ0v) is 12.8. The lowest BCUT2D eigenvalue weighted by molar-refractivity contribution is -0.130. The van der Waals surface area contributed by atoms with Crippen LogP contribution in [0.2, 0.25) is 0 Å². The van der Waals surface area contributed by atoms with Crippen LogP contribution in [0.5, 0.6) is 0 Å². The van der Waals surface area contributed by atoms with Crippen LogP contribution in [0.25, 0.3) is 0 Å². The molecule has 2 unspecified atom stereocenters. The molecule has 0 bridgehead atoms. The van der Waals surface area contributed by atoms with Crippen LogP contribution < -0.4 is 10.6 Å². The van der Waals surface area contributed by atoms with Crippen molar-refractivity contribution in [3.05, 3.63) is 35.9 Å². The normalized spacial score (nSPS) is 23.8. The smallest absolute Gasteiger partial charge is 0.227 e.